The van der Waals surface area contributed by atoms with E-state index in [1.807, 2.05) is 25.1 Å². The highest BCUT2D eigenvalue weighted by Gasteiger charge is 2.27. The van der Waals surface area contributed by atoms with Crippen molar-refractivity contribution >= 4 is 23.3 Å². The van der Waals surface area contributed by atoms with Crippen molar-refractivity contribution in [2.75, 3.05) is 25.4 Å². The lowest BCUT2D eigenvalue weighted by atomic mass is 10.2. The summed E-state index contributed by atoms with van der Waals surface area (Å²) in [6.45, 7) is 9.24. The van der Waals surface area contributed by atoms with E-state index in [0.717, 1.165) is 18.7 Å². The summed E-state index contributed by atoms with van der Waals surface area (Å²) in [6.07, 6.45) is 1.37. The van der Waals surface area contributed by atoms with Gasteiger partial charge in [0.15, 0.2) is 0 Å². The molecule has 116 valence electrons. The lowest BCUT2D eigenvalue weighted by Crippen LogP contribution is -2.40. The Balaban J connectivity index is 2.28. The summed E-state index contributed by atoms with van der Waals surface area (Å²) in [4.78, 5) is 15.8. The maximum atomic E-state index is 12.2. The minimum atomic E-state index is -1.13. The molecule has 0 aliphatic carbocycles. The van der Waals surface area contributed by atoms with Crippen LogP contribution < -0.4 is 5.32 Å². The van der Waals surface area contributed by atoms with Crippen LogP contribution in [-0.4, -0.2) is 51.8 Å². The summed E-state index contributed by atoms with van der Waals surface area (Å²) in [6, 6.07) is 0. The van der Waals surface area contributed by atoms with Crippen molar-refractivity contribution in [3.63, 3.8) is 0 Å². The Kier molecular flexibility index (Phi) is 6.61. The number of amidine groups is 1. The summed E-state index contributed by atoms with van der Waals surface area (Å²) < 4.78 is 19.1. The summed E-state index contributed by atoms with van der Waals surface area (Å²) in [5, 5.41) is 2.62. The number of rotatable bonds is 6. The molecule has 1 N–H and O–H groups in total. The van der Waals surface area contributed by atoms with Crippen LogP contribution in [0.25, 0.3) is 0 Å². The van der Waals surface area contributed by atoms with Crippen LogP contribution in [0.2, 0.25) is 0 Å². The van der Waals surface area contributed by atoms with Crippen LogP contribution >= 0.6 is 0 Å². The number of carbonyl (C=O) groups excluding carboxylic acids is 1. The summed E-state index contributed by atoms with van der Waals surface area (Å²) >= 11 is -1.13. The van der Waals surface area contributed by atoms with Gasteiger partial charge >= 0.3 is 6.09 Å². The number of nitrogens with one attached hydrogen (secondary N) is 1. The molecule has 0 aromatic rings. The van der Waals surface area contributed by atoms with Gasteiger partial charge < -0.3 is 14.6 Å². The van der Waals surface area contributed by atoms with E-state index in [1.165, 1.54) is 0 Å². The van der Waals surface area contributed by atoms with Crippen molar-refractivity contribution in [3.05, 3.63) is 0 Å². The minimum absolute atomic E-state index is 0.331. The fourth-order valence-electron chi connectivity index (χ4n) is 1.79. The number of nitrogens with zero attached hydrogens (tertiary/aromatic N) is 2. The molecule has 6 nitrogen and oxygen atoms in total. The molecule has 0 spiro atoms. The van der Waals surface area contributed by atoms with Crippen LogP contribution in [0.3, 0.4) is 0 Å². The van der Waals surface area contributed by atoms with Gasteiger partial charge in [0.05, 0.1) is 31.0 Å². The van der Waals surface area contributed by atoms with E-state index >= 15 is 0 Å². The van der Waals surface area contributed by atoms with Crippen LogP contribution in [0.15, 0.2) is 4.99 Å². The fourth-order valence-corrected chi connectivity index (χ4v) is 2.96. The van der Waals surface area contributed by atoms with E-state index < -0.39 is 23.1 Å². The van der Waals surface area contributed by atoms with Crippen molar-refractivity contribution in [2.45, 2.75) is 46.1 Å². The first-order valence-electron chi connectivity index (χ1n) is 6.99. The number of amides is 1. The van der Waals surface area contributed by atoms with Crippen molar-refractivity contribution in [1.82, 2.24) is 9.62 Å². The third-order valence-electron chi connectivity index (χ3n) is 2.55. The second-order valence-corrected chi connectivity index (χ2v) is 7.10. The van der Waals surface area contributed by atoms with Gasteiger partial charge in [0.1, 0.15) is 17.2 Å². The SMILES string of the molecule is CCCC1=NCCN1[S+]([O-])CCNC(=O)OC(C)(C)C. The number of ether oxygens (including phenoxy) is 1. The van der Waals surface area contributed by atoms with E-state index in [0.29, 0.717) is 25.4 Å². The van der Waals surface area contributed by atoms with Crippen molar-refractivity contribution in [1.29, 1.82) is 0 Å². The molecule has 0 fully saturated rings. The van der Waals surface area contributed by atoms with Crippen molar-refractivity contribution < 1.29 is 14.1 Å². The summed E-state index contributed by atoms with van der Waals surface area (Å²) in [5.74, 6) is 1.30. The molecule has 0 radical (unpaired) electrons. The largest absolute Gasteiger partial charge is 0.593 e. The molecule has 20 heavy (non-hydrogen) atoms. The van der Waals surface area contributed by atoms with Crippen molar-refractivity contribution in [3.8, 4) is 0 Å². The highest BCUT2D eigenvalue weighted by Crippen LogP contribution is 2.13. The van der Waals surface area contributed by atoms with E-state index in [-0.39, 0.29) is 0 Å². The Labute approximate surface area is 124 Å². The average molecular weight is 303 g/mol. The first kappa shape index (κ1) is 17.1. The maximum Gasteiger partial charge on any atom is 0.407 e. The molecule has 7 heteroatoms. The van der Waals surface area contributed by atoms with Crippen molar-refractivity contribution in [2.24, 2.45) is 4.99 Å². The molecule has 1 unspecified atom stereocenters. The Bertz CT molecular complexity index is 355. The second-order valence-electron chi connectivity index (χ2n) is 5.60. The minimum Gasteiger partial charge on any atom is -0.593 e. The number of alkyl carbamates (subject to hydrolysis) is 1. The first-order valence-corrected chi connectivity index (χ1v) is 8.27. The van der Waals surface area contributed by atoms with Crippen LogP contribution in [-0.2, 0) is 16.1 Å². The molecule has 1 aliphatic heterocycles. The Morgan fingerprint density at radius 1 is 1.55 bits per heavy atom. The maximum absolute atomic E-state index is 12.2. The molecule has 0 saturated carbocycles. The van der Waals surface area contributed by atoms with Gasteiger partial charge in [-0.3, -0.25) is 4.99 Å². The molecular weight excluding hydrogens is 278 g/mol. The van der Waals surface area contributed by atoms with E-state index in [4.69, 9.17) is 4.74 Å². The van der Waals surface area contributed by atoms with Gasteiger partial charge in [-0.2, -0.15) is 4.31 Å². The summed E-state index contributed by atoms with van der Waals surface area (Å²) in [5.41, 5.74) is -0.515. The van der Waals surface area contributed by atoms with Crippen LogP contribution in [0.5, 0.6) is 0 Å². The van der Waals surface area contributed by atoms with E-state index in [2.05, 4.69) is 17.2 Å². The number of aliphatic imine (C=N–C) groups is 1. The van der Waals surface area contributed by atoms with Crippen LogP contribution in [0.1, 0.15) is 40.5 Å². The quantitative estimate of drug-likeness (QED) is 0.758. The predicted octanol–water partition coefficient (Wildman–Crippen LogP) is 1.69. The zero-order valence-electron chi connectivity index (χ0n) is 12.8. The smallest absolute Gasteiger partial charge is 0.407 e. The van der Waals surface area contributed by atoms with E-state index in [9.17, 15) is 9.35 Å². The number of carbonyl (C=O) groups is 1. The Morgan fingerprint density at radius 2 is 2.25 bits per heavy atom. The molecule has 0 saturated heterocycles. The molecule has 1 rings (SSSR count). The molecule has 1 amide bonds. The molecule has 1 aliphatic rings. The molecule has 1 heterocycles. The normalized spacial score (nSPS) is 16.9. The lowest BCUT2D eigenvalue weighted by molar-refractivity contribution is 0.0531. The zero-order valence-corrected chi connectivity index (χ0v) is 13.6. The van der Waals surface area contributed by atoms with Crippen LogP contribution in [0, 0.1) is 0 Å². The van der Waals surface area contributed by atoms with Gasteiger partial charge in [-0.1, -0.05) is 6.92 Å². The first-order chi connectivity index (χ1) is 9.33. The standard InChI is InChI=1S/C13H25N3O3S/c1-5-6-11-14-7-9-16(11)20(18)10-8-15-12(17)19-13(2,3)4/h5-10H2,1-4H3,(H,15,17). The Morgan fingerprint density at radius 3 is 2.85 bits per heavy atom. The van der Waals surface area contributed by atoms with E-state index in [1.54, 1.807) is 0 Å². The summed E-state index contributed by atoms with van der Waals surface area (Å²) in [7, 11) is 0. The van der Waals surface area contributed by atoms with Gasteiger partial charge in [-0.05, 0) is 27.2 Å². The third-order valence-corrected chi connectivity index (χ3v) is 3.99. The lowest BCUT2D eigenvalue weighted by Gasteiger charge is -2.23. The molecule has 1 atom stereocenters. The van der Waals surface area contributed by atoms with Gasteiger partial charge in [0.2, 0.25) is 0 Å². The van der Waals surface area contributed by atoms with Gasteiger partial charge in [0.25, 0.3) is 0 Å². The van der Waals surface area contributed by atoms with Gasteiger partial charge in [0, 0.05) is 6.42 Å². The number of hydrogen-bond acceptors (Lipinski definition) is 5. The number of hydrogen-bond donors (Lipinski definition) is 1. The third kappa shape index (κ3) is 6.00. The predicted molar refractivity (Wildman–Crippen MR) is 81.2 cm³/mol. The molecule has 0 aromatic heterocycles. The Hall–Kier alpha value is -0.950. The fraction of sp³-hybridized carbons (Fsp3) is 0.846. The highest BCUT2D eigenvalue weighted by molar-refractivity contribution is 7.89. The zero-order chi connectivity index (χ0) is 15.2. The average Bonchev–Trinajstić information content (AvgIpc) is 2.75. The van der Waals surface area contributed by atoms with Gasteiger partial charge in [-0.25, -0.2) is 4.79 Å². The second kappa shape index (κ2) is 7.73. The topological polar surface area (TPSA) is 77.0 Å². The molecule has 0 bridgehead atoms. The monoisotopic (exact) mass is 303 g/mol. The van der Waals surface area contributed by atoms with Gasteiger partial charge in [-0.15, -0.1) is 0 Å². The van der Waals surface area contributed by atoms with Crippen LogP contribution in [0.4, 0.5) is 4.79 Å². The molecule has 0 aromatic carbocycles. The molecular formula is C13H25N3O3S. The highest BCUT2D eigenvalue weighted by atomic mass is 32.2.